The zero-order valence-electron chi connectivity index (χ0n) is 24.2. The van der Waals surface area contributed by atoms with Gasteiger partial charge in [-0.2, -0.15) is 12.6 Å². The smallest absolute Gasteiger partial charge is 0.335 e. The molecule has 2 aromatic carbocycles. The average Bonchev–Trinajstić information content (AvgIpc) is 3.36. The minimum atomic E-state index is -0.982. The molecule has 0 aliphatic heterocycles. The van der Waals surface area contributed by atoms with Gasteiger partial charge in [0.25, 0.3) is 5.91 Å². The van der Waals surface area contributed by atoms with Gasteiger partial charge in [-0.3, -0.25) is 9.59 Å². The molecular weight excluding hydrogens is 536 g/mol. The van der Waals surface area contributed by atoms with Crippen molar-refractivity contribution in [1.82, 2.24) is 20.2 Å². The Bertz CT molecular complexity index is 1270. The number of carbonyl (C=O) groups excluding carboxylic acids is 2. The number of carboxylic acids is 1. The van der Waals surface area contributed by atoms with Crippen LogP contribution in [0, 0.1) is 11.8 Å². The summed E-state index contributed by atoms with van der Waals surface area (Å²) in [7, 11) is 0. The molecule has 3 rings (SSSR count). The molecule has 2 atom stereocenters. The molecule has 1 unspecified atom stereocenters. The lowest BCUT2D eigenvalue weighted by Crippen LogP contribution is -2.47. The van der Waals surface area contributed by atoms with Crippen LogP contribution < -0.4 is 10.6 Å². The van der Waals surface area contributed by atoms with Crippen molar-refractivity contribution < 1.29 is 19.5 Å². The minimum Gasteiger partial charge on any atom is -0.478 e. The van der Waals surface area contributed by atoms with Gasteiger partial charge in [0.2, 0.25) is 5.91 Å². The zero-order valence-corrected chi connectivity index (χ0v) is 25.1. The Morgan fingerprint density at radius 3 is 2.34 bits per heavy atom. The molecule has 1 heterocycles. The first-order chi connectivity index (χ1) is 19.7. The summed E-state index contributed by atoms with van der Waals surface area (Å²) in [4.78, 5) is 42.5. The molecule has 3 N–H and O–H groups in total. The third-order valence-corrected chi connectivity index (χ3v) is 7.44. The quantitative estimate of drug-likeness (QED) is 0.178. The molecule has 220 valence electrons. The lowest BCUT2D eigenvalue weighted by Gasteiger charge is -2.22. The molecule has 1 aromatic heterocycles. The third-order valence-electron chi connectivity index (χ3n) is 7.00. The fourth-order valence-electron chi connectivity index (χ4n) is 4.78. The van der Waals surface area contributed by atoms with Crippen LogP contribution >= 0.6 is 12.6 Å². The highest BCUT2D eigenvalue weighted by atomic mass is 32.1. The number of carbonyl (C=O) groups is 3. The van der Waals surface area contributed by atoms with Gasteiger partial charge in [0.15, 0.2) is 0 Å². The van der Waals surface area contributed by atoms with Crippen molar-refractivity contribution in [1.29, 1.82) is 0 Å². The molecule has 0 saturated heterocycles. The predicted octanol–water partition coefficient (Wildman–Crippen LogP) is 5.02. The van der Waals surface area contributed by atoms with E-state index in [1.807, 2.05) is 34.9 Å². The summed E-state index contributed by atoms with van der Waals surface area (Å²) in [6.07, 6.45) is 5.55. The van der Waals surface area contributed by atoms with Crippen LogP contribution in [0.15, 0.2) is 60.8 Å². The summed E-state index contributed by atoms with van der Waals surface area (Å²) < 4.78 is 1.90. The molecule has 0 bridgehead atoms. The van der Waals surface area contributed by atoms with Crippen LogP contribution in [0.4, 0.5) is 0 Å². The maximum atomic E-state index is 13.7. The van der Waals surface area contributed by atoms with Gasteiger partial charge in [-0.05, 0) is 48.4 Å². The van der Waals surface area contributed by atoms with E-state index in [9.17, 15) is 19.5 Å². The number of carboxylic acid groups (broad SMARTS) is 1. The standard InChI is InChI=1S/C32H42N4O4S/c1-4-5-11-29-33-19-28(36(29)20-24-12-14-25(15-13-24)32(39)40)31(38)35-27(17-23-9-7-6-8-10-23)18-34-30(37)26(21-41)16-22(2)3/h6-10,12-15,19,22,26-27,41H,4-5,11,16-18,20-21H2,1-3H3,(H,34,37)(H,35,38)(H,39,40)/t26?,27-/m0/s1. The molecular formula is C32H42N4O4S. The number of unbranched alkanes of at least 4 members (excludes halogenated alkanes) is 1. The van der Waals surface area contributed by atoms with Crippen LogP contribution in [-0.2, 0) is 24.2 Å². The number of nitrogens with zero attached hydrogens (tertiary/aromatic N) is 2. The predicted molar refractivity (Wildman–Crippen MR) is 165 cm³/mol. The largest absolute Gasteiger partial charge is 0.478 e. The van der Waals surface area contributed by atoms with E-state index in [1.54, 1.807) is 30.5 Å². The molecule has 3 aromatic rings. The molecule has 0 saturated carbocycles. The van der Waals surface area contributed by atoms with Crippen LogP contribution in [0.3, 0.4) is 0 Å². The number of imidazole rings is 1. The van der Waals surface area contributed by atoms with E-state index in [0.717, 1.165) is 42.6 Å². The summed E-state index contributed by atoms with van der Waals surface area (Å²) in [5.41, 5.74) is 2.56. The van der Waals surface area contributed by atoms with Gasteiger partial charge in [0.05, 0.1) is 17.8 Å². The first kappa shape index (κ1) is 31.9. The summed E-state index contributed by atoms with van der Waals surface area (Å²) in [5, 5.41) is 15.4. The van der Waals surface area contributed by atoms with Crippen LogP contribution in [-0.4, -0.2) is 50.8 Å². The number of rotatable bonds is 16. The normalized spacial score (nSPS) is 12.6. The Labute approximate surface area is 248 Å². The lowest BCUT2D eigenvalue weighted by molar-refractivity contribution is -0.124. The number of hydrogen-bond acceptors (Lipinski definition) is 5. The molecule has 2 amide bonds. The summed E-state index contributed by atoms with van der Waals surface area (Å²) in [6, 6.07) is 16.2. The van der Waals surface area contributed by atoms with Gasteiger partial charge in [-0.1, -0.05) is 69.7 Å². The fraction of sp³-hybridized carbons (Fsp3) is 0.438. The fourth-order valence-corrected chi connectivity index (χ4v) is 5.09. The maximum absolute atomic E-state index is 13.7. The van der Waals surface area contributed by atoms with E-state index >= 15 is 0 Å². The second kappa shape index (κ2) is 16.0. The van der Waals surface area contributed by atoms with Crippen molar-refractivity contribution >= 4 is 30.4 Å². The lowest BCUT2D eigenvalue weighted by atomic mass is 9.97. The second-order valence-corrected chi connectivity index (χ2v) is 11.2. The van der Waals surface area contributed by atoms with Crippen molar-refractivity contribution in [3.8, 4) is 0 Å². The van der Waals surface area contributed by atoms with Crippen molar-refractivity contribution in [3.63, 3.8) is 0 Å². The highest BCUT2D eigenvalue weighted by Gasteiger charge is 2.23. The molecule has 0 aliphatic rings. The Hall–Kier alpha value is -3.59. The van der Waals surface area contributed by atoms with Crippen LogP contribution in [0.25, 0.3) is 0 Å². The molecule has 8 nitrogen and oxygen atoms in total. The molecule has 0 radical (unpaired) electrons. The summed E-state index contributed by atoms with van der Waals surface area (Å²) >= 11 is 4.38. The molecule has 0 fully saturated rings. The summed E-state index contributed by atoms with van der Waals surface area (Å²) in [5.74, 6) is 0.138. The third kappa shape index (κ3) is 9.78. The van der Waals surface area contributed by atoms with Gasteiger partial charge in [-0.25, -0.2) is 9.78 Å². The second-order valence-electron chi connectivity index (χ2n) is 10.9. The van der Waals surface area contributed by atoms with Crippen molar-refractivity contribution in [3.05, 3.63) is 89.0 Å². The van der Waals surface area contributed by atoms with E-state index in [2.05, 4.69) is 49.0 Å². The SMILES string of the molecule is CCCCc1ncc(C(=O)N[C@H](CNC(=O)C(CS)CC(C)C)Cc2ccccc2)n1Cc1ccc(C(=O)O)cc1. The van der Waals surface area contributed by atoms with Gasteiger partial charge >= 0.3 is 5.97 Å². The van der Waals surface area contributed by atoms with Crippen LogP contribution in [0.5, 0.6) is 0 Å². The van der Waals surface area contributed by atoms with E-state index in [-0.39, 0.29) is 35.9 Å². The van der Waals surface area contributed by atoms with Gasteiger partial charge in [0.1, 0.15) is 11.5 Å². The molecule has 0 spiro atoms. The van der Waals surface area contributed by atoms with E-state index in [0.29, 0.717) is 30.3 Å². The Balaban J connectivity index is 1.82. The molecule has 0 aliphatic carbocycles. The molecule has 9 heteroatoms. The van der Waals surface area contributed by atoms with Crippen molar-refractivity contribution in [2.24, 2.45) is 11.8 Å². The number of benzene rings is 2. The monoisotopic (exact) mass is 578 g/mol. The van der Waals surface area contributed by atoms with E-state index in [1.165, 1.54) is 0 Å². The highest BCUT2D eigenvalue weighted by Crippen LogP contribution is 2.16. The number of amides is 2. The first-order valence-electron chi connectivity index (χ1n) is 14.3. The van der Waals surface area contributed by atoms with E-state index in [4.69, 9.17) is 0 Å². The highest BCUT2D eigenvalue weighted by molar-refractivity contribution is 7.80. The number of aryl methyl sites for hydroxylation is 1. The Morgan fingerprint density at radius 2 is 1.73 bits per heavy atom. The Kier molecular flexibility index (Phi) is 12.5. The van der Waals surface area contributed by atoms with Crippen LogP contribution in [0.2, 0.25) is 0 Å². The first-order valence-corrected chi connectivity index (χ1v) is 14.9. The average molecular weight is 579 g/mol. The number of hydrogen-bond donors (Lipinski definition) is 4. The zero-order chi connectivity index (χ0) is 29.8. The maximum Gasteiger partial charge on any atom is 0.335 e. The number of nitrogens with one attached hydrogen (secondary N) is 2. The Morgan fingerprint density at radius 1 is 1.02 bits per heavy atom. The van der Waals surface area contributed by atoms with E-state index < -0.39 is 5.97 Å². The van der Waals surface area contributed by atoms with Gasteiger partial charge < -0.3 is 20.3 Å². The van der Waals surface area contributed by atoms with Crippen molar-refractivity contribution in [2.75, 3.05) is 12.3 Å². The summed E-state index contributed by atoms with van der Waals surface area (Å²) in [6.45, 7) is 6.95. The minimum absolute atomic E-state index is 0.0577. The van der Waals surface area contributed by atoms with Gasteiger partial charge in [0, 0.05) is 31.2 Å². The van der Waals surface area contributed by atoms with Gasteiger partial charge in [-0.15, -0.1) is 0 Å². The number of aromatic carboxylic acids is 1. The topological polar surface area (TPSA) is 113 Å². The number of thiol groups is 1. The van der Waals surface area contributed by atoms with Crippen LogP contribution in [0.1, 0.15) is 77.8 Å². The molecule has 41 heavy (non-hydrogen) atoms. The van der Waals surface area contributed by atoms with Crippen molar-refractivity contribution in [2.45, 2.75) is 65.5 Å². The number of aromatic nitrogens is 2.